The van der Waals surface area contributed by atoms with Crippen molar-refractivity contribution < 1.29 is 14.3 Å². The minimum atomic E-state index is -0.239. The Labute approximate surface area is 170 Å². The second-order valence-electron chi connectivity index (χ2n) is 6.66. The van der Waals surface area contributed by atoms with Crippen LogP contribution in [0.1, 0.15) is 31.1 Å². The van der Waals surface area contributed by atoms with Gasteiger partial charge in [-0.2, -0.15) is 0 Å². The minimum Gasteiger partial charge on any atom is -0.494 e. The van der Waals surface area contributed by atoms with Gasteiger partial charge in [0.05, 0.1) is 35.8 Å². The van der Waals surface area contributed by atoms with E-state index in [1.54, 1.807) is 24.4 Å². The van der Waals surface area contributed by atoms with E-state index in [1.165, 1.54) is 6.20 Å². The van der Waals surface area contributed by atoms with Gasteiger partial charge >= 0.3 is 0 Å². The largest absolute Gasteiger partial charge is 0.494 e. The lowest BCUT2D eigenvalue weighted by atomic mass is 10.2. The number of nitrogens with zero attached hydrogens (tertiary/aromatic N) is 1. The van der Waals surface area contributed by atoms with Gasteiger partial charge in [-0.15, -0.1) is 0 Å². The van der Waals surface area contributed by atoms with Crippen molar-refractivity contribution in [2.75, 3.05) is 17.2 Å². The number of rotatable bonds is 8. The first-order valence-electron chi connectivity index (χ1n) is 9.57. The number of carbonyl (C=O) groups is 1. The molecule has 3 rings (SSSR count). The van der Waals surface area contributed by atoms with E-state index in [0.717, 1.165) is 17.2 Å². The van der Waals surface area contributed by atoms with Crippen LogP contribution in [0.5, 0.6) is 11.5 Å². The van der Waals surface area contributed by atoms with E-state index in [0.29, 0.717) is 23.5 Å². The lowest BCUT2D eigenvalue weighted by Gasteiger charge is -2.15. The molecule has 0 spiro atoms. The smallest absolute Gasteiger partial charge is 0.257 e. The predicted molar refractivity (Wildman–Crippen MR) is 115 cm³/mol. The van der Waals surface area contributed by atoms with Crippen LogP contribution in [0.3, 0.4) is 0 Å². The van der Waals surface area contributed by atoms with Crippen molar-refractivity contribution in [3.05, 3.63) is 72.6 Å². The Morgan fingerprint density at radius 3 is 2.52 bits per heavy atom. The number of hydrogen-bond donors (Lipinski definition) is 2. The predicted octanol–water partition coefficient (Wildman–Crippen LogP) is 5.26. The molecule has 0 fully saturated rings. The standard InChI is InChI=1S/C23H25N3O3/c1-4-28-20-11-9-18(10-12-20)26-23(27)17-13-19(15-24-14-17)25-21-7-5-6-8-22(21)29-16(2)3/h5-16,25H,4H2,1-3H3,(H,26,27). The van der Waals surface area contributed by atoms with Crippen LogP contribution in [0, 0.1) is 0 Å². The highest BCUT2D eigenvalue weighted by molar-refractivity contribution is 6.04. The highest BCUT2D eigenvalue weighted by Gasteiger charge is 2.10. The van der Waals surface area contributed by atoms with Crippen molar-refractivity contribution in [2.24, 2.45) is 0 Å². The molecule has 1 heterocycles. The maximum absolute atomic E-state index is 12.6. The molecular weight excluding hydrogens is 366 g/mol. The number of hydrogen-bond acceptors (Lipinski definition) is 5. The van der Waals surface area contributed by atoms with E-state index >= 15 is 0 Å². The monoisotopic (exact) mass is 391 g/mol. The molecule has 29 heavy (non-hydrogen) atoms. The molecule has 0 saturated carbocycles. The molecule has 0 radical (unpaired) electrons. The number of anilines is 3. The topological polar surface area (TPSA) is 72.5 Å². The normalized spacial score (nSPS) is 10.5. The van der Waals surface area contributed by atoms with Gasteiger partial charge < -0.3 is 20.1 Å². The molecule has 0 aliphatic carbocycles. The zero-order chi connectivity index (χ0) is 20.6. The maximum atomic E-state index is 12.6. The third-order valence-corrected chi connectivity index (χ3v) is 3.95. The molecule has 1 aromatic heterocycles. The molecule has 0 bridgehead atoms. The number of pyridine rings is 1. The summed E-state index contributed by atoms with van der Waals surface area (Å²) in [5.41, 5.74) is 2.65. The van der Waals surface area contributed by atoms with Gasteiger partial charge in [-0.3, -0.25) is 9.78 Å². The number of para-hydroxylation sites is 2. The third-order valence-electron chi connectivity index (χ3n) is 3.95. The molecule has 6 nitrogen and oxygen atoms in total. The highest BCUT2D eigenvalue weighted by Crippen LogP contribution is 2.28. The average Bonchev–Trinajstić information content (AvgIpc) is 2.71. The second-order valence-corrected chi connectivity index (χ2v) is 6.66. The maximum Gasteiger partial charge on any atom is 0.257 e. The van der Waals surface area contributed by atoms with Gasteiger partial charge in [0, 0.05) is 11.9 Å². The molecule has 0 aliphatic heterocycles. The average molecular weight is 391 g/mol. The molecule has 2 aromatic carbocycles. The summed E-state index contributed by atoms with van der Waals surface area (Å²) in [6.45, 7) is 6.48. The van der Waals surface area contributed by atoms with Crippen LogP contribution < -0.4 is 20.1 Å². The van der Waals surface area contributed by atoms with Crippen LogP contribution in [0.2, 0.25) is 0 Å². The molecule has 1 amide bonds. The lowest BCUT2D eigenvalue weighted by molar-refractivity contribution is 0.102. The van der Waals surface area contributed by atoms with E-state index in [2.05, 4.69) is 15.6 Å². The molecular formula is C23H25N3O3. The van der Waals surface area contributed by atoms with Crippen molar-refractivity contribution in [1.29, 1.82) is 0 Å². The second kappa shape index (κ2) is 9.59. The fraction of sp³-hybridized carbons (Fsp3) is 0.217. The SMILES string of the molecule is CCOc1ccc(NC(=O)c2cncc(Nc3ccccc3OC(C)C)c2)cc1. The van der Waals surface area contributed by atoms with Crippen LogP contribution >= 0.6 is 0 Å². The zero-order valence-corrected chi connectivity index (χ0v) is 16.8. The molecule has 0 unspecified atom stereocenters. The van der Waals surface area contributed by atoms with Crippen LogP contribution in [0.4, 0.5) is 17.1 Å². The number of nitrogens with one attached hydrogen (secondary N) is 2. The van der Waals surface area contributed by atoms with Crippen LogP contribution in [0.25, 0.3) is 0 Å². The van der Waals surface area contributed by atoms with Crippen molar-refractivity contribution >= 4 is 23.0 Å². The van der Waals surface area contributed by atoms with Crippen molar-refractivity contribution in [1.82, 2.24) is 4.98 Å². The summed E-state index contributed by atoms with van der Waals surface area (Å²) in [5.74, 6) is 1.27. The number of aromatic nitrogens is 1. The van der Waals surface area contributed by atoms with E-state index in [9.17, 15) is 4.79 Å². The minimum absolute atomic E-state index is 0.0577. The Morgan fingerprint density at radius 1 is 1.03 bits per heavy atom. The molecule has 3 aromatic rings. The van der Waals surface area contributed by atoms with Gasteiger partial charge in [-0.05, 0) is 63.2 Å². The molecule has 0 atom stereocenters. The quantitative estimate of drug-likeness (QED) is 0.548. The van der Waals surface area contributed by atoms with Crippen LogP contribution in [-0.2, 0) is 0 Å². The summed E-state index contributed by atoms with van der Waals surface area (Å²) in [5, 5.41) is 6.14. The number of benzene rings is 2. The molecule has 0 saturated heterocycles. The molecule has 0 aliphatic rings. The summed E-state index contributed by atoms with van der Waals surface area (Å²) >= 11 is 0. The van der Waals surface area contributed by atoms with Gasteiger partial charge in [0.25, 0.3) is 5.91 Å². The van der Waals surface area contributed by atoms with Gasteiger partial charge in [0.2, 0.25) is 0 Å². The van der Waals surface area contributed by atoms with E-state index < -0.39 is 0 Å². The summed E-state index contributed by atoms with van der Waals surface area (Å²) in [7, 11) is 0. The first-order valence-corrected chi connectivity index (χ1v) is 9.57. The fourth-order valence-corrected chi connectivity index (χ4v) is 2.72. The third kappa shape index (κ3) is 5.72. The van der Waals surface area contributed by atoms with Gasteiger partial charge in [-0.25, -0.2) is 0 Å². The summed E-state index contributed by atoms with van der Waals surface area (Å²) in [6.07, 6.45) is 3.26. The Balaban J connectivity index is 1.71. The van der Waals surface area contributed by atoms with Crippen molar-refractivity contribution in [2.45, 2.75) is 26.9 Å². The van der Waals surface area contributed by atoms with Gasteiger partial charge in [0.1, 0.15) is 11.5 Å². The Kier molecular flexibility index (Phi) is 6.68. The molecule has 2 N–H and O–H groups in total. The summed E-state index contributed by atoms with van der Waals surface area (Å²) < 4.78 is 11.2. The van der Waals surface area contributed by atoms with E-state index in [4.69, 9.17) is 9.47 Å². The molecule has 6 heteroatoms. The van der Waals surface area contributed by atoms with Gasteiger partial charge in [0.15, 0.2) is 0 Å². The highest BCUT2D eigenvalue weighted by atomic mass is 16.5. The summed E-state index contributed by atoms with van der Waals surface area (Å²) in [6, 6.07) is 16.7. The van der Waals surface area contributed by atoms with Crippen molar-refractivity contribution in [3.8, 4) is 11.5 Å². The van der Waals surface area contributed by atoms with Crippen molar-refractivity contribution in [3.63, 3.8) is 0 Å². The fourth-order valence-electron chi connectivity index (χ4n) is 2.72. The van der Waals surface area contributed by atoms with Gasteiger partial charge in [-0.1, -0.05) is 12.1 Å². The molecule has 150 valence electrons. The van der Waals surface area contributed by atoms with E-state index in [1.807, 2.05) is 57.2 Å². The van der Waals surface area contributed by atoms with Crippen LogP contribution in [-0.4, -0.2) is 23.6 Å². The lowest BCUT2D eigenvalue weighted by Crippen LogP contribution is -2.12. The van der Waals surface area contributed by atoms with Crippen LogP contribution in [0.15, 0.2) is 67.0 Å². The Morgan fingerprint density at radius 2 is 1.79 bits per heavy atom. The zero-order valence-electron chi connectivity index (χ0n) is 16.8. The number of carbonyl (C=O) groups excluding carboxylic acids is 1. The Hall–Kier alpha value is -3.54. The summed E-state index contributed by atoms with van der Waals surface area (Å²) in [4.78, 5) is 16.8. The number of ether oxygens (including phenoxy) is 2. The first kappa shape index (κ1) is 20.2. The number of amides is 1. The van der Waals surface area contributed by atoms with E-state index in [-0.39, 0.29) is 12.0 Å². The first-order chi connectivity index (χ1) is 14.0. The Bertz CT molecular complexity index is 956.